The third kappa shape index (κ3) is 3.32. The van der Waals surface area contributed by atoms with Gasteiger partial charge in [0.1, 0.15) is 24.0 Å². The van der Waals surface area contributed by atoms with Gasteiger partial charge in [0.2, 0.25) is 0 Å². The van der Waals surface area contributed by atoms with Crippen molar-refractivity contribution in [1.29, 1.82) is 0 Å². The SMILES string of the molecule is CNS(=O)(=O)Nc1nc(-c2ncnc3cc(OC)c(OC)cc23)co1. The van der Waals surface area contributed by atoms with Gasteiger partial charge in [0.25, 0.3) is 0 Å². The lowest BCUT2D eigenvalue weighted by Gasteiger charge is -2.09. The highest BCUT2D eigenvalue weighted by Crippen LogP contribution is 2.35. The summed E-state index contributed by atoms with van der Waals surface area (Å²) in [6, 6.07) is 3.25. The van der Waals surface area contributed by atoms with E-state index in [2.05, 4.69) is 24.4 Å². The highest BCUT2D eigenvalue weighted by molar-refractivity contribution is 7.90. The van der Waals surface area contributed by atoms with Gasteiger partial charge in [-0.2, -0.15) is 13.4 Å². The Morgan fingerprint density at radius 1 is 1.12 bits per heavy atom. The van der Waals surface area contributed by atoms with E-state index < -0.39 is 10.2 Å². The second-order valence-corrected chi connectivity index (χ2v) is 6.41. The molecular weight excluding hydrogens is 350 g/mol. The molecule has 132 valence electrons. The van der Waals surface area contributed by atoms with Crippen LogP contribution in [0, 0.1) is 0 Å². The number of nitrogens with one attached hydrogen (secondary N) is 2. The number of methoxy groups -OCH3 is 2. The van der Waals surface area contributed by atoms with E-state index in [9.17, 15) is 8.42 Å². The lowest BCUT2D eigenvalue weighted by molar-refractivity contribution is 0.356. The van der Waals surface area contributed by atoms with E-state index in [0.29, 0.717) is 33.8 Å². The number of hydrogen-bond acceptors (Lipinski definition) is 8. The second kappa shape index (κ2) is 6.53. The number of oxazole rings is 1. The van der Waals surface area contributed by atoms with Gasteiger partial charge in [-0.1, -0.05) is 0 Å². The minimum absolute atomic E-state index is 0.184. The van der Waals surface area contributed by atoms with E-state index in [1.54, 1.807) is 12.1 Å². The molecule has 0 aliphatic heterocycles. The van der Waals surface area contributed by atoms with Crippen molar-refractivity contribution in [3.63, 3.8) is 0 Å². The first kappa shape index (κ1) is 16.9. The normalized spacial score (nSPS) is 11.5. The lowest BCUT2D eigenvalue weighted by Crippen LogP contribution is -2.26. The summed E-state index contributed by atoms with van der Waals surface area (Å²) in [5.74, 6) is 1.04. The average Bonchev–Trinajstić information content (AvgIpc) is 3.07. The largest absolute Gasteiger partial charge is 0.493 e. The topological polar surface area (TPSA) is 128 Å². The smallest absolute Gasteiger partial charge is 0.310 e. The summed E-state index contributed by atoms with van der Waals surface area (Å²) in [7, 11) is 0.592. The number of hydrogen-bond donors (Lipinski definition) is 2. The highest BCUT2D eigenvalue weighted by atomic mass is 32.2. The Morgan fingerprint density at radius 3 is 2.52 bits per heavy atom. The fourth-order valence-corrected chi connectivity index (χ4v) is 2.61. The molecule has 0 fully saturated rings. The fraction of sp³-hybridized carbons (Fsp3) is 0.214. The second-order valence-electron chi connectivity index (χ2n) is 4.79. The van der Waals surface area contributed by atoms with Crippen LogP contribution in [0.15, 0.2) is 29.1 Å². The number of rotatable bonds is 6. The quantitative estimate of drug-likeness (QED) is 0.666. The Labute approximate surface area is 143 Å². The van der Waals surface area contributed by atoms with E-state index in [1.165, 1.54) is 33.9 Å². The molecule has 0 bridgehead atoms. The third-order valence-corrected chi connectivity index (χ3v) is 4.36. The van der Waals surface area contributed by atoms with E-state index in [1.807, 2.05) is 0 Å². The van der Waals surface area contributed by atoms with Crippen molar-refractivity contribution in [2.75, 3.05) is 26.0 Å². The number of fused-ring (bicyclic) bond motifs is 1. The molecule has 0 unspecified atom stereocenters. The van der Waals surface area contributed by atoms with Gasteiger partial charge in [-0.3, -0.25) is 0 Å². The maximum atomic E-state index is 11.5. The van der Waals surface area contributed by atoms with Crippen LogP contribution in [0.4, 0.5) is 6.01 Å². The van der Waals surface area contributed by atoms with E-state index in [-0.39, 0.29) is 6.01 Å². The average molecular weight is 365 g/mol. The first-order chi connectivity index (χ1) is 12.0. The zero-order chi connectivity index (χ0) is 18.0. The van der Waals surface area contributed by atoms with Crippen LogP contribution in [-0.2, 0) is 10.2 Å². The van der Waals surface area contributed by atoms with Gasteiger partial charge in [0, 0.05) is 18.5 Å². The van der Waals surface area contributed by atoms with Gasteiger partial charge in [-0.15, -0.1) is 0 Å². The summed E-state index contributed by atoms with van der Waals surface area (Å²) in [5.41, 5.74) is 1.42. The van der Waals surface area contributed by atoms with Crippen molar-refractivity contribution in [2.24, 2.45) is 0 Å². The van der Waals surface area contributed by atoms with Crippen LogP contribution in [0.1, 0.15) is 0 Å². The molecule has 0 amide bonds. The van der Waals surface area contributed by atoms with E-state index in [4.69, 9.17) is 13.9 Å². The Kier molecular flexibility index (Phi) is 4.42. The predicted molar refractivity (Wildman–Crippen MR) is 89.7 cm³/mol. The van der Waals surface area contributed by atoms with Crippen molar-refractivity contribution in [3.8, 4) is 22.9 Å². The first-order valence-corrected chi connectivity index (χ1v) is 8.49. The zero-order valence-corrected chi connectivity index (χ0v) is 14.4. The Hall–Kier alpha value is -2.92. The van der Waals surface area contributed by atoms with Gasteiger partial charge in [-0.05, 0) is 6.07 Å². The molecule has 0 aliphatic rings. The molecule has 25 heavy (non-hydrogen) atoms. The molecule has 0 saturated heterocycles. The Balaban J connectivity index is 2.09. The monoisotopic (exact) mass is 365 g/mol. The molecule has 0 spiro atoms. The molecular formula is C14H15N5O5S. The van der Waals surface area contributed by atoms with Crippen LogP contribution in [0.5, 0.6) is 11.5 Å². The molecule has 0 saturated carbocycles. The van der Waals surface area contributed by atoms with Crippen molar-refractivity contribution in [1.82, 2.24) is 19.7 Å². The third-order valence-electron chi connectivity index (χ3n) is 3.38. The molecule has 3 aromatic rings. The molecule has 2 aromatic heterocycles. The van der Waals surface area contributed by atoms with Crippen LogP contribution in [0.2, 0.25) is 0 Å². The van der Waals surface area contributed by atoms with Gasteiger partial charge in [-0.25, -0.2) is 19.4 Å². The van der Waals surface area contributed by atoms with Gasteiger partial charge < -0.3 is 13.9 Å². The maximum absolute atomic E-state index is 11.5. The first-order valence-electron chi connectivity index (χ1n) is 7.01. The molecule has 0 aliphatic carbocycles. The van der Waals surface area contributed by atoms with Crippen molar-refractivity contribution >= 4 is 27.1 Å². The zero-order valence-electron chi connectivity index (χ0n) is 13.6. The molecule has 0 radical (unpaired) electrons. The molecule has 1 aromatic carbocycles. The van der Waals surface area contributed by atoms with Crippen LogP contribution in [0.25, 0.3) is 22.3 Å². The molecule has 2 heterocycles. The summed E-state index contributed by atoms with van der Waals surface area (Å²) in [6.45, 7) is 0. The number of benzene rings is 1. The van der Waals surface area contributed by atoms with Crippen LogP contribution >= 0.6 is 0 Å². The summed E-state index contributed by atoms with van der Waals surface area (Å²) < 4.78 is 43.0. The van der Waals surface area contributed by atoms with E-state index >= 15 is 0 Å². The number of anilines is 1. The van der Waals surface area contributed by atoms with E-state index in [0.717, 1.165) is 0 Å². The molecule has 10 nitrogen and oxygen atoms in total. The summed E-state index contributed by atoms with van der Waals surface area (Å²) in [4.78, 5) is 12.5. The number of nitrogens with zero attached hydrogens (tertiary/aromatic N) is 3. The molecule has 11 heteroatoms. The van der Waals surface area contributed by atoms with Crippen molar-refractivity contribution in [3.05, 3.63) is 24.7 Å². The van der Waals surface area contributed by atoms with Gasteiger partial charge >= 0.3 is 16.2 Å². The molecule has 2 N–H and O–H groups in total. The summed E-state index contributed by atoms with van der Waals surface area (Å²) >= 11 is 0. The van der Waals surface area contributed by atoms with Crippen molar-refractivity contribution < 1.29 is 22.3 Å². The number of ether oxygens (including phenoxy) is 2. The van der Waals surface area contributed by atoms with Crippen LogP contribution in [-0.4, -0.2) is 44.6 Å². The lowest BCUT2D eigenvalue weighted by atomic mass is 10.1. The van der Waals surface area contributed by atoms with Crippen LogP contribution < -0.4 is 18.9 Å². The van der Waals surface area contributed by atoms with Crippen molar-refractivity contribution in [2.45, 2.75) is 0 Å². The molecule has 3 rings (SSSR count). The number of aromatic nitrogens is 3. The fourth-order valence-electron chi connectivity index (χ4n) is 2.18. The van der Waals surface area contributed by atoms with Gasteiger partial charge in [0.15, 0.2) is 11.5 Å². The summed E-state index contributed by atoms with van der Waals surface area (Å²) in [5, 5.41) is 0.650. The molecule has 0 atom stereocenters. The minimum Gasteiger partial charge on any atom is -0.493 e. The standard InChI is InChI=1S/C14H15N5O5S/c1-15-25(20,21)19-14-18-10(6-24-14)13-8-4-11(22-2)12(23-3)5-9(8)16-7-17-13/h4-7,15H,1-3H3,(H,18,19). The Bertz CT molecular complexity index is 1020. The maximum Gasteiger partial charge on any atom is 0.310 e. The summed E-state index contributed by atoms with van der Waals surface area (Å²) in [6.07, 6.45) is 2.67. The van der Waals surface area contributed by atoms with Crippen LogP contribution in [0.3, 0.4) is 0 Å². The Morgan fingerprint density at radius 2 is 1.84 bits per heavy atom. The predicted octanol–water partition coefficient (Wildman–Crippen LogP) is 1.18. The highest BCUT2D eigenvalue weighted by Gasteiger charge is 2.17. The minimum atomic E-state index is -3.73. The van der Waals surface area contributed by atoms with Gasteiger partial charge in [0.05, 0.1) is 19.7 Å².